The first kappa shape index (κ1) is 25.5. The molecule has 37 heavy (non-hydrogen) atoms. The zero-order valence-electron chi connectivity index (χ0n) is 20.7. The SMILES string of the molecule is COc1c(OC)c(OC(=O)c2ccc(F)cc2)c2ccc(OC(C)c3ccccc3)cc2c1OC(C)=O. The number of ether oxygens (including phenoxy) is 5. The van der Waals surface area contributed by atoms with Crippen LogP contribution >= 0.6 is 0 Å². The van der Waals surface area contributed by atoms with Gasteiger partial charge in [0.05, 0.1) is 19.8 Å². The second-order valence-corrected chi connectivity index (χ2v) is 8.09. The van der Waals surface area contributed by atoms with Crippen molar-refractivity contribution in [2.24, 2.45) is 0 Å². The van der Waals surface area contributed by atoms with Crippen molar-refractivity contribution < 1.29 is 37.7 Å². The van der Waals surface area contributed by atoms with Gasteiger partial charge in [0.25, 0.3) is 0 Å². The van der Waals surface area contributed by atoms with Crippen molar-refractivity contribution in [3.05, 3.63) is 89.7 Å². The van der Waals surface area contributed by atoms with E-state index < -0.39 is 17.8 Å². The standard InChI is InChI=1S/C29H25FO7/c1-17(19-8-6-5-7-9-19)35-22-14-15-23-24(16-22)26(36-18(2)31)28(34-4)27(33-3)25(23)37-29(32)20-10-12-21(30)13-11-20/h5-17H,1-4H3. The van der Waals surface area contributed by atoms with Crippen LogP contribution in [0.25, 0.3) is 10.8 Å². The highest BCUT2D eigenvalue weighted by Gasteiger charge is 2.27. The molecular formula is C29H25FO7. The first-order chi connectivity index (χ1) is 17.8. The third-order valence-electron chi connectivity index (χ3n) is 5.61. The Morgan fingerprint density at radius 3 is 1.97 bits per heavy atom. The van der Waals surface area contributed by atoms with Crippen molar-refractivity contribution in [1.82, 2.24) is 0 Å². The molecule has 8 heteroatoms. The van der Waals surface area contributed by atoms with Gasteiger partial charge in [0.2, 0.25) is 11.5 Å². The zero-order chi connectivity index (χ0) is 26.5. The van der Waals surface area contributed by atoms with Crippen LogP contribution in [0.15, 0.2) is 72.8 Å². The van der Waals surface area contributed by atoms with Gasteiger partial charge in [-0.25, -0.2) is 9.18 Å². The summed E-state index contributed by atoms with van der Waals surface area (Å²) in [4.78, 5) is 24.9. The number of hydrogen-bond acceptors (Lipinski definition) is 7. The highest BCUT2D eigenvalue weighted by atomic mass is 19.1. The first-order valence-corrected chi connectivity index (χ1v) is 11.4. The Balaban J connectivity index is 1.85. The Bertz CT molecular complexity index is 1430. The molecule has 190 valence electrons. The molecule has 0 saturated heterocycles. The van der Waals surface area contributed by atoms with Gasteiger partial charge in [0.15, 0.2) is 11.5 Å². The van der Waals surface area contributed by atoms with E-state index in [1.807, 2.05) is 37.3 Å². The molecule has 0 aliphatic carbocycles. The molecule has 0 N–H and O–H groups in total. The molecule has 4 aromatic carbocycles. The molecule has 0 aliphatic heterocycles. The average Bonchev–Trinajstić information content (AvgIpc) is 2.90. The Morgan fingerprint density at radius 2 is 1.38 bits per heavy atom. The van der Waals surface area contributed by atoms with Crippen LogP contribution in [0.5, 0.6) is 28.7 Å². The summed E-state index contributed by atoms with van der Waals surface area (Å²) in [5.74, 6) is -1.08. The molecule has 0 radical (unpaired) electrons. The number of esters is 2. The molecule has 4 rings (SSSR count). The maximum Gasteiger partial charge on any atom is 0.343 e. The third-order valence-corrected chi connectivity index (χ3v) is 5.61. The molecule has 0 bridgehead atoms. The summed E-state index contributed by atoms with van der Waals surface area (Å²) in [6.45, 7) is 3.18. The predicted octanol–water partition coefficient (Wildman–Crippen LogP) is 6.28. The number of halogens is 1. The fourth-order valence-corrected chi connectivity index (χ4v) is 3.88. The summed E-state index contributed by atoms with van der Waals surface area (Å²) < 4.78 is 41.8. The van der Waals surface area contributed by atoms with Crippen molar-refractivity contribution in [3.63, 3.8) is 0 Å². The van der Waals surface area contributed by atoms with E-state index in [0.29, 0.717) is 16.5 Å². The number of carbonyl (C=O) groups excluding carboxylic acids is 2. The molecule has 1 unspecified atom stereocenters. The maximum absolute atomic E-state index is 13.3. The van der Waals surface area contributed by atoms with Gasteiger partial charge in [-0.05, 0) is 55.0 Å². The van der Waals surface area contributed by atoms with Crippen LogP contribution in [0.3, 0.4) is 0 Å². The highest BCUT2D eigenvalue weighted by molar-refractivity contribution is 6.03. The normalized spacial score (nSPS) is 11.5. The quantitative estimate of drug-likeness (QED) is 0.206. The van der Waals surface area contributed by atoms with E-state index in [-0.39, 0.29) is 34.7 Å². The predicted molar refractivity (Wildman–Crippen MR) is 135 cm³/mol. The van der Waals surface area contributed by atoms with Crippen molar-refractivity contribution in [3.8, 4) is 28.7 Å². The minimum Gasteiger partial charge on any atom is -0.490 e. The van der Waals surface area contributed by atoms with Crippen LogP contribution < -0.4 is 23.7 Å². The molecule has 0 spiro atoms. The summed E-state index contributed by atoms with van der Waals surface area (Å²) in [5.41, 5.74) is 1.11. The summed E-state index contributed by atoms with van der Waals surface area (Å²) >= 11 is 0. The zero-order valence-corrected chi connectivity index (χ0v) is 20.7. The molecule has 0 heterocycles. The van der Waals surface area contributed by atoms with Crippen LogP contribution in [0.1, 0.15) is 35.9 Å². The second kappa shape index (κ2) is 11.0. The molecule has 1 atom stereocenters. The van der Waals surface area contributed by atoms with Crippen molar-refractivity contribution >= 4 is 22.7 Å². The lowest BCUT2D eigenvalue weighted by molar-refractivity contribution is -0.131. The van der Waals surface area contributed by atoms with E-state index in [0.717, 1.165) is 17.7 Å². The van der Waals surface area contributed by atoms with Gasteiger partial charge in [0, 0.05) is 17.7 Å². The monoisotopic (exact) mass is 504 g/mol. The molecule has 0 saturated carbocycles. The Hall–Kier alpha value is -4.59. The second-order valence-electron chi connectivity index (χ2n) is 8.09. The van der Waals surface area contributed by atoms with Gasteiger partial charge in [0.1, 0.15) is 17.7 Å². The molecule has 0 amide bonds. The smallest absolute Gasteiger partial charge is 0.343 e. The van der Waals surface area contributed by atoms with Crippen LogP contribution in [0.2, 0.25) is 0 Å². The van der Waals surface area contributed by atoms with Gasteiger partial charge in [-0.1, -0.05) is 30.3 Å². The Kier molecular flexibility index (Phi) is 7.57. The van der Waals surface area contributed by atoms with Crippen LogP contribution in [-0.2, 0) is 4.79 Å². The number of rotatable bonds is 8. The number of carbonyl (C=O) groups is 2. The van der Waals surface area contributed by atoms with E-state index in [1.54, 1.807) is 18.2 Å². The van der Waals surface area contributed by atoms with Gasteiger partial charge in [-0.2, -0.15) is 0 Å². The molecular weight excluding hydrogens is 479 g/mol. The molecule has 0 aliphatic rings. The number of fused-ring (bicyclic) bond motifs is 1. The van der Waals surface area contributed by atoms with E-state index >= 15 is 0 Å². The van der Waals surface area contributed by atoms with E-state index in [9.17, 15) is 14.0 Å². The summed E-state index contributed by atoms with van der Waals surface area (Å²) in [5, 5.41) is 0.802. The number of hydrogen-bond donors (Lipinski definition) is 0. The molecule has 4 aromatic rings. The highest BCUT2D eigenvalue weighted by Crippen LogP contribution is 2.52. The van der Waals surface area contributed by atoms with Gasteiger partial charge < -0.3 is 23.7 Å². The van der Waals surface area contributed by atoms with Crippen LogP contribution in [0, 0.1) is 5.82 Å². The first-order valence-electron chi connectivity index (χ1n) is 11.4. The topological polar surface area (TPSA) is 80.3 Å². The molecule has 0 fully saturated rings. The Morgan fingerprint density at radius 1 is 0.757 bits per heavy atom. The van der Waals surface area contributed by atoms with E-state index in [2.05, 4.69) is 0 Å². The van der Waals surface area contributed by atoms with Crippen molar-refractivity contribution in [2.45, 2.75) is 20.0 Å². The van der Waals surface area contributed by atoms with Crippen molar-refractivity contribution in [2.75, 3.05) is 14.2 Å². The van der Waals surface area contributed by atoms with Crippen LogP contribution in [0.4, 0.5) is 4.39 Å². The minimum atomic E-state index is -0.736. The fourth-order valence-electron chi connectivity index (χ4n) is 3.88. The summed E-state index contributed by atoms with van der Waals surface area (Å²) in [7, 11) is 2.75. The van der Waals surface area contributed by atoms with Gasteiger partial charge >= 0.3 is 11.9 Å². The number of benzene rings is 4. The van der Waals surface area contributed by atoms with Gasteiger partial charge in [-0.3, -0.25) is 4.79 Å². The fraction of sp³-hybridized carbons (Fsp3) is 0.172. The summed E-state index contributed by atoms with van der Waals surface area (Å²) in [6.07, 6.45) is -0.272. The van der Waals surface area contributed by atoms with Crippen LogP contribution in [-0.4, -0.2) is 26.2 Å². The largest absolute Gasteiger partial charge is 0.490 e. The van der Waals surface area contributed by atoms with E-state index in [1.165, 1.54) is 33.3 Å². The number of methoxy groups -OCH3 is 2. The molecule has 0 aromatic heterocycles. The Labute approximate surface area is 213 Å². The minimum absolute atomic E-state index is 0.0437. The molecule has 7 nitrogen and oxygen atoms in total. The summed E-state index contributed by atoms with van der Waals surface area (Å²) in [6, 6.07) is 19.7. The maximum atomic E-state index is 13.3. The van der Waals surface area contributed by atoms with Crippen molar-refractivity contribution in [1.29, 1.82) is 0 Å². The van der Waals surface area contributed by atoms with E-state index in [4.69, 9.17) is 23.7 Å². The third kappa shape index (κ3) is 5.48. The average molecular weight is 505 g/mol. The lowest BCUT2D eigenvalue weighted by atomic mass is 10.1. The lowest BCUT2D eigenvalue weighted by Crippen LogP contribution is -2.11. The van der Waals surface area contributed by atoms with Gasteiger partial charge in [-0.15, -0.1) is 0 Å². The lowest BCUT2D eigenvalue weighted by Gasteiger charge is -2.20.